The fourth-order valence-corrected chi connectivity index (χ4v) is 3.43. The van der Waals surface area contributed by atoms with Crippen LogP contribution in [0.4, 0.5) is 0 Å². The number of carbonyl (C=O) groups excluding carboxylic acids is 2. The van der Waals surface area contributed by atoms with Gasteiger partial charge in [-0.3, -0.25) is 9.59 Å². The second-order valence-electron chi connectivity index (χ2n) is 8.30. The minimum Gasteiger partial charge on any atom is -0.457 e. The Morgan fingerprint density at radius 2 is 1.15 bits per heavy atom. The van der Waals surface area contributed by atoms with Gasteiger partial charge in [-0.15, -0.1) is 0 Å². The molecule has 0 aromatic heterocycles. The number of para-hydroxylation sites is 1. The molecule has 180 valence electrons. The van der Waals surface area contributed by atoms with E-state index in [0.29, 0.717) is 24.3 Å². The van der Waals surface area contributed by atoms with E-state index >= 15 is 0 Å². The first-order valence-corrected chi connectivity index (χ1v) is 12.4. The maximum atomic E-state index is 12.4. The molecule has 0 amide bonds. The predicted molar refractivity (Wildman–Crippen MR) is 131 cm³/mol. The molecule has 0 radical (unpaired) electrons. The summed E-state index contributed by atoms with van der Waals surface area (Å²) >= 11 is 0. The van der Waals surface area contributed by atoms with Crippen LogP contribution in [-0.4, -0.2) is 11.9 Å². The molecule has 0 aliphatic rings. The van der Waals surface area contributed by atoms with E-state index in [9.17, 15) is 9.59 Å². The van der Waals surface area contributed by atoms with E-state index in [1.165, 1.54) is 12.8 Å². The van der Waals surface area contributed by atoms with Gasteiger partial charge in [-0.1, -0.05) is 83.4 Å². The third-order valence-electron chi connectivity index (χ3n) is 5.31. The van der Waals surface area contributed by atoms with Crippen LogP contribution < -0.4 is 14.2 Å². The summed E-state index contributed by atoms with van der Waals surface area (Å²) in [5.74, 6) is 0.976. The molecule has 0 fully saturated rings. The summed E-state index contributed by atoms with van der Waals surface area (Å²) in [7, 11) is 0. The van der Waals surface area contributed by atoms with Gasteiger partial charge in [0.2, 0.25) is 0 Å². The lowest BCUT2D eigenvalue weighted by molar-refractivity contribution is -0.137. The number of unbranched alkanes of at least 4 members (excludes halogenated alkanes) is 8. The number of rotatable bonds is 16. The zero-order chi connectivity index (χ0) is 23.7. The van der Waals surface area contributed by atoms with Crippen LogP contribution in [0.1, 0.15) is 90.9 Å². The van der Waals surface area contributed by atoms with Crippen molar-refractivity contribution < 1.29 is 23.8 Å². The summed E-state index contributed by atoms with van der Waals surface area (Å²) in [4.78, 5) is 24.8. The number of hydrogen-bond donors (Lipinski definition) is 0. The van der Waals surface area contributed by atoms with E-state index in [-0.39, 0.29) is 23.4 Å². The minimum atomic E-state index is -0.333. The summed E-state index contributed by atoms with van der Waals surface area (Å²) in [6.45, 7) is 4.32. The van der Waals surface area contributed by atoms with Gasteiger partial charge in [-0.25, -0.2) is 0 Å². The Morgan fingerprint density at radius 1 is 0.606 bits per heavy atom. The molecular weight excluding hydrogens is 416 g/mol. The largest absolute Gasteiger partial charge is 0.457 e. The molecule has 0 saturated carbocycles. The van der Waals surface area contributed by atoms with Crippen molar-refractivity contribution in [1.29, 1.82) is 0 Å². The van der Waals surface area contributed by atoms with Gasteiger partial charge >= 0.3 is 11.9 Å². The molecule has 0 unspecified atom stereocenters. The maximum absolute atomic E-state index is 12.4. The van der Waals surface area contributed by atoms with Gasteiger partial charge in [0, 0.05) is 18.9 Å². The van der Waals surface area contributed by atoms with Crippen molar-refractivity contribution in [3.05, 3.63) is 48.5 Å². The van der Waals surface area contributed by atoms with Gasteiger partial charge in [0.1, 0.15) is 11.5 Å². The van der Waals surface area contributed by atoms with Crippen LogP contribution in [0.25, 0.3) is 0 Å². The summed E-state index contributed by atoms with van der Waals surface area (Å²) in [6.07, 6.45) is 11.2. The quantitative estimate of drug-likeness (QED) is 0.146. The van der Waals surface area contributed by atoms with Crippen LogP contribution in [-0.2, 0) is 9.59 Å². The topological polar surface area (TPSA) is 61.8 Å². The van der Waals surface area contributed by atoms with E-state index < -0.39 is 0 Å². The number of benzene rings is 2. The Balaban J connectivity index is 2.01. The average Bonchev–Trinajstić information content (AvgIpc) is 2.81. The first kappa shape index (κ1) is 26.4. The molecule has 0 bridgehead atoms. The van der Waals surface area contributed by atoms with Crippen LogP contribution in [0.2, 0.25) is 0 Å². The fraction of sp³-hybridized carbons (Fsp3) is 0.500. The van der Waals surface area contributed by atoms with Gasteiger partial charge in [0.15, 0.2) is 11.5 Å². The maximum Gasteiger partial charge on any atom is 0.311 e. The van der Waals surface area contributed by atoms with E-state index in [0.717, 1.165) is 51.4 Å². The molecule has 0 spiro atoms. The van der Waals surface area contributed by atoms with Crippen LogP contribution in [0.5, 0.6) is 23.0 Å². The highest BCUT2D eigenvalue weighted by molar-refractivity contribution is 5.76. The van der Waals surface area contributed by atoms with Crippen molar-refractivity contribution >= 4 is 11.9 Å². The normalized spacial score (nSPS) is 10.6. The Morgan fingerprint density at radius 3 is 1.73 bits per heavy atom. The standard InChI is InChI=1S/C28H38O5/c1-3-5-7-9-14-18-27(29)32-25-21-20-24(31-23-16-12-11-13-17-23)22-26(25)33-28(30)19-15-10-8-6-4-2/h11-13,16-17,20-22H,3-10,14-15,18-19H2,1-2H3. The molecule has 5 heteroatoms. The first-order valence-electron chi connectivity index (χ1n) is 12.4. The van der Waals surface area contributed by atoms with Crippen molar-refractivity contribution in [3.8, 4) is 23.0 Å². The third-order valence-corrected chi connectivity index (χ3v) is 5.31. The van der Waals surface area contributed by atoms with E-state index in [1.54, 1.807) is 18.2 Å². The molecule has 0 saturated heterocycles. The summed E-state index contributed by atoms with van der Waals surface area (Å²) < 4.78 is 17.0. The lowest BCUT2D eigenvalue weighted by Crippen LogP contribution is -2.12. The fourth-order valence-electron chi connectivity index (χ4n) is 3.43. The first-order chi connectivity index (χ1) is 16.1. The zero-order valence-corrected chi connectivity index (χ0v) is 20.1. The predicted octanol–water partition coefficient (Wildman–Crippen LogP) is 8.01. The molecule has 2 rings (SSSR count). The molecule has 2 aromatic rings. The van der Waals surface area contributed by atoms with Crippen molar-refractivity contribution in [2.45, 2.75) is 90.9 Å². The second kappa shape index (κ2) is 15.9. The molecule has 5 nitrogen and oxygen atoms in total. The molecule has 0 N–H and O–H groups in total. The molecule has 0 aliphatic carbocycles. The summed E-state index contributed by atoms with van der Waals surface area (Å²) in [6, 6.07) is 14.3. The highest BCUT2D eigenvalue weighted by Crippen LogP contribution is 2.34. The average molecular weight is 455 g/mol. The van der Waals surface area contributed by atoms with Crippen molar-refractivity contribution in [2.24, 2.45) is 0 Å². The Hall–Kier alpha value is -2.82. The van der Waals surface area contributed by atoms with Gasteiger partial charge in [0.05, 0.1) is 0 Å². The van der Waals surface area contributed by atoms with Crippen molar-refractivity contribution in [2.75, 3.05) is 0 Å². The summed E-state index contributed by atoms with van der Waals surface area (Å²) in [5, 5.41) is 0. The van der Waals surface area contributed by atoms with Crippen molar-refractivity contribution in [1.82, 2.24) is 0 Å². The molecular formula is C28H38O5. The summed E-state index contributed by atoms with van der Waals surface area (Å²) in [5.41, 5.74) is 0. The Kier molecular flexibility index (Phi) is 12.7. The van der Waals surface area contributed by atoms with Crippen LogP contribution in [0.3, 0.4) is 0 Å². The van der Waals surface area contributed by atoms with Gasteiger partial charge in [-0.2, -0.15) is 0 Å². The highest BCUT2D eigenvalue weighted by atomic mass is 16.6. The van der Waals surface area contributed by atoms with Crippen LogP contribution in [0.15, 0.2) is 48.5 Å². The number of ether oxygens (including phenoxy) is 3. The molecule has 2 aromatic carbocycles. The number of esters is 2. The molecule has 0 heterocycles. The SMILES string of the molecule is CCCCCCCC(=O)Oc1ccc(Oc2ccccc2)cc1OC(=O)CCCCCCC. The van der Waals surface area contributed by atoms with Crippen LogP contribution in [0, 0.1) is 0 Å². The Labute approximate surface area is 198 Å². The number of carbonyl (C=O) groups is 2. The smallest absolute Gasteiger partial charge is 0.311 e. The zero-order valence-electron chi connectivity index (χ0n) is 20.1. The Bertz CT molecular complexity index is 831. The van der Waals surface area contributed by atoms with Crippen molar-refractivity contribution in [3.63, 3.8) is 0 Å². The van der Waals surface area contributed by atoms with Crippen LogP contribution >= 0.6 is 0 Å². The van der Waals surface area contributed by atoms with E-state index in [2.05, 4.69) is 13.8 Å². The lowest BCUT2D eigenvalue weighted by Gasteiger charge is -2.13. The molecule has 33 heavy (non-hydrogen) atoms. The minimum absolute atomic E-state index is 0.210. The van der Waals surface area contributed by atoms with Gasteiger partial charge in [0.25, 0.3) is 0 Å². The monoisotopic (exact) mass is 454 g/mol. The number of hydrogen-bond acceptors (Lipinski definition) is 5. The lowest BCUT2D eigenvalue weighted by atomic mass is 10.1. The van der Waals surface area contributed by atoms with E-state index in [4.69, 9.17) is 14.2 Å². The second-order valence-corrected chi connectivity index (χ2v) is 8.30. The van der Waals surface area contributed by atoms with Gasteiger partial charge < -0.3 is 14.2 Å². The molecule has 0 atom stereocenters. The molecule has 0 aliphatic heterocycles. The highest BCUT2D eigenvalue weighted by Gasteiger charge is 2.16. The third kappa shape index (κ3) is 11.0. The van der Waals surface area contributed by atoms with E-state index in [1.807, 2.05) is 30.3 Å². The van der Waals surface area contributed by atoms with Gasteiger partial charge in [-0.05, 0) is 37.1 Å².